The molecule has 0 aromatic heterocycles. The largest absolute Gasteiger partial charge is 0.378 e. The van der Waals surface area contributed by atoms with E-state index in [1.165, 1.54) is 0 Å². The molecular weight excluding hydrogens is 530 g/mol. The van der Waals surface area contributed by atoms with E-state index < -0.39 is 17.8 Å². The molecule has 41 heavy (non-hydrogen) atoms. The molecule has 11 nitrogen and oxygen atoms in total. The average Bonchev–Trinajstić information content (AvgIpc) is 3.28. The number of hydrogen-bond acceptors (Lipinski definition) is 8. The highest BCUT2D eigenvalue weighted by Crippen LogP contribution is 2.26. The first-order valence-electron chi connectivity index (χ1n) is 13.4. The maximum atomic E-state index is 13.2. The lowest BCUT2D eigenvalue weighted by atomic mass is 10.0. The molecule has 0 atom stereocenters. The summed E-state index contributed by atoms with van der Waals surface area (Å²) in [5.74, 6) is 4.13. The fraction of sp³-hybridized carbons (Fsp3) is 0.367. The van der Waals surface area contributed by atoms with E-state index in [1.807, 2.05) is 48.5 Å². The van der Waals surface area contributed by atoms with Crippen LogP contribution in [0.2, 0.25) is 0 Å². The van der Waals surface area contributed by atoms with Crippen LogP contribution in [0.4, 0.5) is 5.69 Å². The minimum absolute atomic E-state index is 0.0393. The molecule has 1 saturated heterocycles. The Morgan fingerprint density at radius 3 is 2.22 bits per heavy atom. The monoisotopic (exact) mass is 561 g/mol. The van der Waals surface area contributed by atoms with Crippen LogP contribution in [0.15, 0.2) is 48.5 Å². The van der Waals surface area contributed by atoms with Gasteiger partial charge in [-0.25, -0.2) is 4.79 Å². The van der Waals surface area contributed by atoms with Crippen molar-refractivity contribution in [2.75, 3.05) is 37.9 Å². The predicted molar refractivity (Wildman–Crippen MR) is 146 cm³/mol. The Hall–Kier alpha value is -4.53. The summed E-state index contributed by atoms with van der Waals surface area (Å²) in [4.78, 5) is 66.5. The van der Waals surface area contributed by atoms with E-state index in [2.05, 4.69) is 17.2 Å². The Bertz CT molecular complexity index is 1350. The van der Waals surface area contributed by atoms with Crippen LogP contribution in [-0.2, 0) is 44.8 Å². The molecule has 2 aromatic rings. The van der Waals surface area contributed by atoms with Crippen LogP contribution in [-0.4, -0.2) is 67.6 Å². The van der Waals surface area contributed by atoms with Gasteiger partial charge in [0, 0.05) is 43.4 Å². The van der Waals surface area contributed by atoms with Gasteiger partial charge in [-0.15, -0.1) is 5.06 Å². The van der Waals surface area contributed by atoms with E-state index in [0.717, 1.165) is 22.4 Å². The van der Waals surface area contributed by atoms with Gasteiger partial charge in [0.1, 0.15) is 0 Å². The third kappa shape index (κ3) is 8.48. The molecule has 0 unspecified atom stereocenters. The Balaban J connectivity index is 1.09. The number of carbonyl (C=O) groups excluding carboxylic acids is 5. The van der Waals surface area contributed by atoms with Gasteiger partial charge in [0.2, 0.25) is 11.8 Å². The highest BCUT2D eigenvalue weighted by atomic mass is 16.7. The predicted octanol–water partition coefficient (Wildman–Crippen LogP) is 1.86. The summed E-state index contributed by atoms with van der Waals surface area (Å²) in [6.07, 6.45) is 0.0512. The van der Waals surface area contributed by atoms with Crippen LogP contribution in [0, 0.1) is 11.8 Å². The van der Waals surface area contributed by atoms with Crippen molar-refractivity contribution in [3.8, 4) is 11.8 Å². The average molecular weight is 562 g/mol. The lowest BCUT2D eigenvalue weighted by Crippen LogP contribution is -2.34. The van der Waals surface area contributed by atoms with Gasteiger partial charge < -0.3 is 24.5 Å². The van der Waals surface area contributed by atoms with Crippen molar-refractivity contribution in [1.29, 1.82) is 0 Å². The van der Waals surface area contributed by atoms with E-state index in [0.29, 0.717) is 11.6 Å². The summed E-state index contributed by atoms with van der Waals surface area (Å²) < 4.78 is 10.7. The quantitative estimate of drug-likeness (QED) is 0.223. The maximum absolute atomic E-state index is 13.2. The number of benzene rings is 2. The summed E-state index contributed by atoms with van der Waals surface area (Å²) in [5.41, 5.74) is 3.31. The second kappa shape index (κ2) is 14.7. The van der Waals surface area contributed by atoms with Gasteiger partial charge >= 0.3 is 5.97 Å². The zero-order chi connectivity index (χ0) is 29.0. The molecule has 1 fully saturated rings. The van der Waals surface area contributed by atoms with E-state index in [4.69, 9.17) is 14.3 Å². The number of rotatable bonds is 13. The highest BCUT2D eigenvalue weighted by molar-refractivity contribution is 6.01. The number of para-hydroxylation sites is 1. The van der Waals surface area contributed by atoms with Crippen LogP contribution in [0.1, 0.15) is 48.8 Å². The van der Waals surface area contributed by atoms with Crippen molar-refractivity contribution in [2.45, 2.75) is 38.6 Å². The third-order valence-electron chi connectivity index (χ3n) is 6.33. The van der Waals surface area contributed by atoms with Gasteiger partial charge in [0.15, 0.2) is 0 Å². The minimum Gasteiger partial charge on any atom is -0.378 e. The van der Waals surface area contributed by atoms with Gasteiger partial charge in [-0.2, -0.15) is 0 Å². The molecule has 2 aromatic carbocycles. The van der Waals surface area contributed by atoms with E-state index >= 15 is 0 Å². The second-order valence-electron chi connectivity index (χ2n) is 9.27. The maximum Gasteiger partial charge on any atom is 0.335 e. The van der Waals surface area contributed by atoms with Crippen molar-refractivity contribution in [3.05, 3.63) is 65.2 Å². The molecule has 1 N–H and O–H groups in total. The van der Waals surface area contributed by atoms with Crippen molar-refractivity contribution < 1.29 is 38.3 Å². The summed E-state index contributed by atoms with van der Waals surface area (Å²) in [5, 5.41) is 3.24. The first kappa shape index (κ1) is 29.5. The zero-order valence-corrected chi connectivity index (χ0v) is 22.6. The summed E-state index contributed by atoms with van der Waals surface area (Å²) in [6, 6.07) is 15.2. The number of nitrogens with one attached hydrogen (secondary N) is 1. The molecule has 214 valence electrons. The summed E-state index contributed by atoms with van der Waals surface area (Å²) >= 11 is 0. The number of nitrogens with zero attached hydrogens (tertiary/aromatic N) is 2. The topological polar surface area (TPSA) is 132 Å². The fourth-order valence-electron chi connectivity index (χ4n) is 4.20. The van der Waals surface area contributed by atoms with Gasteiger partial charge in [0.05, 0.1) is 45.1 Å². The molecule has 4 rings (SSSR count). The van der Waals surface area contributed by atoms with E-state index in [1.54, 1.807) is 4.90 Å². The zero-order valence-electron chi connectivity index (χ0n) is 22.6. The molecule has 0 saturated carbocycles. The van der Waals surface area contributed by atoms with Crippen LogP contribution < -0.4 is 10.2 Å². The number of carbonyl (C=O) groups is 5. The molecule has 2 aliphatic heterocycles. The van der Waals surface area contributed by atoms with Crippen molar-refractivity contribution in [3.63, 3.8) is 0 Å². The fourth-order valence-corrected chi connectivity index (χ4v) is 4.20. The smallest absolute Gasteiger partial charge is 0.335 e. The standard InChI is InChI=1S/C30H31N3O8/c34-26(31-16-18-40-20-19-39-17-15-30(38)41-33-28(36)13-14-29(33)37)11-12-27(35)32-21-24-7-2-1-5-22(24)9-10-23-6-3-4-8-25(23)32/h1-8H,11-21H2,(H,31,34). The first-order chi connectivity index (χ1) is 19.9. The van der Waals surface area contributed by atoms with Gasteiger partial charge in [-0.1, -0.05) is 42.2 Å². The number of imide groups is 1. The van der Waals surface area contributed by atoms with Crippen LogP contribution >= 0.6 is 0 Å². The lowest BCUT2D eigenvalue weighted by Gasteiger charge is -2.26. The molecule has 2 aliphatic rings. The number of hydroxylamine groups is 2. The van der Waals surface area contributed by atoms with E-state index in [-0.39, 0.29) is 76.9 Å². The summed E-state index contributed by atoms with van der Waals surface area (Å²) in [6.45, 7) is 1.39. The van der Waals surface area contributed by atoms with Crippen molar-refractivity contribution >= 4 is 35.3 Å². The molecule has 11 heteroatoms. The number of hydrogen-bond donors (Lipinski definition) is 1. The highest BCUT2D eigenvalue weighted by Gasteiger charge is 2.32. The van der Waals surface area contributed by atoms with Crippen LogP contribution in [0.3, 0.4) is 0 Å². The molecule has 0 bridgehead atoms. The van der Waals surface area contributed by atoms with Crippen molar-refractivity contribution in [1.82, 2.24) is 10.4 Å². The first-order valence-corrected chi connectivity index (χ1v) is 13.4. The molecule has 0 radical (unpaired) electrons. The number of ether oxygens (including phenoxy) is 2. The number of amides is 4. The Morgan fingerprint density at radius 1 is 0.780 bits per heavy atom. The van der Waals surface area contributed by atoms with Crippen molar-refractivity contribution in [2.24, 2.45) is 0 Å². The molecule has 4 amide bonds. The molecule has 0 spiro atoms. The van der Waals surface area contributed by atoms with E-state index in [9.17, 15) is 24.0 Å². The Labute approximate surface area is 237 Å². The van der Waals surface area contributed by atoms with Crippen LogP contribution in [0.25, 0.3) is 0 Å². The lowest BCUT2D eigenvalue weighted by molar-refractivity contribution is -0.198. The van der Waals surface area contributed by atoms with Gasteiger partial charge in [-0.05, 0) is 23.8 Å². The number of fused-ring (bicyclic) bond motifs is 2. The minimum atomic E-state index is -0.732. The Kier molecular flexibility index (Phi) is 10.6. The summed E-state index contributed by atoms with van der Waals surface area (Å²) in [7, 11) is 0. The van der Waals surface area contributed by atoms with Gasteiger partial charge in [-0.3, -0.25) is 19.2 Å². The third-order valence-corrected chi connectivity index (χ3v) is 6.33. The molecule has 0 aliphatic carbocycles. The van der Waals surface area contributed by atoms with Crippen LogP contribution in [0.5, 0.6) is 0 Å². The second-order valence-corrected chi connectivity index (χ2v) is 9.27. The normalized spacial score (nSPS) is 13.9. The SMILES string of the molecule is O=C(CCC(=O)N1Cc2ccccc2C#Cc2ccccc21)NCCOCCOCCC(=O)ON1C(=O)CCC1=O. The number of anilines is 1. The van der Waals surface area contributed by atoms with Gasteiger partial charge in [0.25, 0.3) is 11.8 Å². The Morgan fingerprint density at radius 2 is 1.44 bits per heavy atom. The molecular formula is C30H31N3O8. The molecule has 2 heterocycles.